The molecule has 1 heterocycles. The molecule has 0 radical (unpaired) electrons. The van der Waals surface area contributed by atoms with E-state index in [4.69, 9.17) is 4.74 Å². The molecule has 1 aliphatic heterocycles. The van der Waals surface area contributed by atoms with E-state index in [2.05, 4.69) is 6.92 Å². The molecular weight excluding hydrogens is 282 g/mol. The Labute approximate surface area is 133 Å². The predicted molar refractivity (Wildman–Crippen MR) is 83.5 cm³/mol. The van der Waals surface area contributed by atoms with Gasteiger partial charge in [-0.2, -0.15) is 0 Å². The van der Waals surface area contributed by atoms with Gasteiger partial charge < -0.3 is 14.7 Å². The molecule has 0 spiro atoms. The van der Waals surface area contributed by atoms with Crippen LogP contribution in [0.5, 0.6) is 0 Å². The molecule has 5 nitrogen and oxygen atoms in total. The third-order valence-corrected chi connectivity index (χ3v) is 5.64. The normalized spacial score (nSPS) is 32.5. The zero-order valence-corrected chi connectivity index (χ0v) is 14.0. The van der Waals surface area contributed by atoms with Crippen molar-refractivity contribution in [2.75, 3.05) is 19.7 Å². The van der Waals surface area contributed by atoms with Gasteiger partial charge in [-0.15, -0.1) is 0 Å². The average Bonchev–Trinajstić information content (AvgIpc) is 2.93. The lowest BCUT2D eigenvalue weighted by Gasteiger charge is -2.30. The van der Waals surface area contributed by atoms with Crippen molar-refractivity contribution in [3.05, 3.63) is 0 Å². The molecule has 1 saturated heterocycles. The zero-order chi connectivity index (χ0) is 16.3. The van der Waals surface area contributed by atoms with Gasteiger partial charge in [0.05, 0.1) is 11.5 Å². The summed E-state index contributed by atoms with van der Waals surface area (Å²) >= 11 is 0. The van der Waals surface area contributed by atoms with Crippen LogP contribution in [-0.2, 0) is 14.3 Å². The molecule has 5 heteroatoms. The van der Waals surface area contributed by atoms with Crippen LogP contribution >= 0.6 is 0 Å². The minimum Gasteiger partial charge on any atom is -0.481 e. The Morgan fingerprint density at radius 3 is 2.55 bits per heavy atom. The van der Waals surface area contributed by atoms with E-state index in [1.165, 1.54) is 12.8 Å². The molecular formula is C17H29NO4. The van der Waals surface area contributed by atoms with Gasteiger partial charge in [0, 0.05) is 13.1 Å². The van der Waals surface area contributed by atoms with E-state index >= 15 is 0 Å². The lowest BCUT2D eigenvalue weighted by atomic mass is 9.76. The van der Waals surface area contributed by atoms with Crippen molar-refractivity contribution in [2.45, 2.75) is 59.0 Å². The highest BCUT2D eigenvalue weighted by molar-refractivity contribution is 5.81. The van der Waals surface area contributed by atoms with E-state index in [1.807, 2.05) is 13.8 Å². The maximum Gasteiger partial charge on any atom is 0.311 e. The molecule has 1 saturated carbocycles. The molecule has 1 aliphatic carbocycles. The second-order valence-electron chi connectivity index (χ2n) is 7.29. The predicted octanol–water partition coefficient (Wildman–Crippen LogP) is 2.54. The molecule has 1 amide bonds. The second kappa shape index (κ2) is 6.99. The summed E-state index contributed by atoms with van der Waals surface area (Å²) in [6.07, 6.45) is 5.32. The average molecular weight is 311 g/mol. The van der Waals surface area contributed by atoms with E-state index in [0.29, 0.717) is 25.4 Å². The van der Waals surface area contributed by atoms with Gasteiger partial charge >= 0.3 is 5.97 Å². The Balaban J connectivity index is 1.87. The number of ether oxygens (including phenoxy) is 1. The molecule has 1 N–H and O–H groups in total. The van der Waals surface area contributed by atoms with Crippen molar-refractivity contribution in [3.8, 4) is 0 Å². The Bertz CT molecular complexity index is 423. The lowest BCUT2D eigenvalue weighted by Crippen LogP contribution is -2.42. The number of carbonyl (C=O) groups is 2. The highest BCUT2D eigenvalue weighted by Gasteiger charge is 2.48. The molecule has 2 rings (SSSR count). The molecule has 0 aromatic carbocycles. The van der Waals surface area contributed by atoms with Gasteiger partial charge in [0.2, 0.25) is 5.91 Å². The summed E-state index contributed by atoms with van der Waals surface area (Å²) in [5.74, 6) is -0.336. The summed E-state index contributed by atoms with van der Waals surface area (Å²) < 4.78 is 5.82. The topological polar surface area (TPSA) is 66.8 Å². The number of rotatable bonds is 5. The van der Waals surface area contributed by atoms with Crippen LogP contribution < -0.4 is 0 Å². The first-order chi connectivity index (χ1) is 10.4. The van der Waals surface area contributed by atoms with Gasteiger partial charge in [-0.3, -0.25) is 9.59 Å². The Morgan fingerprint density at radius 2 is 2.00 bits per heavy atom. The van der Waals surface area contributed by atoms with Crippen LogP contribution in [0.15, 0.2) is 0 Å². The van der Waals surface area contributed by atoms with Gasteiger partial charge in [-0.25, -0.2) is 0 Å². The van der Waals surface area contributed by atoms with Crippen molar-refractivity contribution < 1.29 is 19.4 Å². The summed E-state index contributed by atoms with van der Waals surface area (Å²) in [7, 11) is 0. The fourth-order valence-electron chi connectivity index (χ4n) is 3.74. The van der Waals surface area contributed by atoms with Gasteiger partial charge in [0.25, 0.3) is 0 Å². The van der Waals surface area contributed by atoms with Crippen molar-refractivity contribution in [2.24, 2.45) is 17.3 Å². The van der Waals surface area contributed by atoms with E-state index in [0.717, 1.165) is 12.8 Å². The fourth-order valence-corrected chi connectivity index (χ4v) is 3.74. The quantitative estimate of drug-likeness (QED) is 0.847. The second-order valence-corrected chi connectivity index (χ2v) is 7.29. The number of nitrogens with zero attached hydrogens (tertiary/aromatic N) is 1. The van der Waals surface area contributed by atoms with Crippen molar-refractivity contribution in [1.29, 1.82) is 0 Å². The van der Waals surface area contributed by atoms with Crippen LogP contribution in [0, 0.1) is 17.3 Å². The number of hydrogen-bond acceptors (Lipinski definition) is 3. The Morgan fingerprint density at radius 1 is 1.32 bits per heavy atom. The Hall–Kier alpha value is -1.10. The lowest BCUT2D eigenvalue weighted by molar-refractivity contribution is -0.151. The zero-order valence-electron chi connectivity index (χ0n) is 14.0. The van der Waals surface area contributed by atoms with Crippen LogP contribution in [-0.4, -0.2) is 47.7 Å². The smallest absolute Gasteiger partial charge is 0.311 e. The van der Waals surface area contributed by atoms with E-state index in [-0.39, 0.29) is 24.5 Å². The number of carboxylic acid groups (broad SMARTS) is 1. The summed E-state index contributed by atoms with van der Waals surface area (Å²) in [5, 5.41) is 9.53. The van der Waals surface area contributed by atoms with Crippen molar-refractivity contribution in [3.63, 3.8) is 0 Å². The highest BCUT2D eigenvalue weighted by Crippen LogP contribution is 2.38. The minimum atomic E-state index is -0.798. The molecule has 2 aliphatic rings. The number of amides is 1. The largest absolute Gasteiger partial charge is 0.481 e. The summed E-state index contributed by atoms with van der Waals surface area (Å²) in [6.45, 7) is 6.93. The van der Waals surface area contributed by atoms with E-state index < -0.39 is 11.4 Å². The number of aliphatic carboxylic acids is 1. The fraction of sp³-hybridized carbons (Fsp3) is 0.882. The maximum atomic E-state index is 12.3. The molecule has 2 fully saturated rings. The van der Waals surface area contributed by atoms with Gasteiger partial charge in [0.1, 0.15) is 6.61 Å². The maximum absolute atomic E-state index is 12.3. The SMILES string of the molecule is CC1CCCCC1OCC(=O)N1CCC(C(=O)O)(C(C)C)C1. The minimum absolute atomic E-state index is 0.0158. The highest BCUT2D eigenvalue weighted by atomic mass is 16.5. The van der Waals surface area contributed by atoms with Crippen LogP contribution in [0.25, 0.3) is 0 Å². The van der Waals surface area contributed by atoms with Crippen LogP contribution in [0.1, 0.15) is 52.9 Å². The Kier molecular flexibility index (Phi) is 5.48. The van der Waals surface area contributed by atoms with Crippen molar-refractivity contribution in [1.82, 2.24) is 4.90 Å². The third-order valence-electron chi connectivity index (χ3n) is 5.64. The van der Waals surface area contributed by atoms with Gasteiger partial charge in [0.15, 0.2) is 0 Å². The summed E-state index contributed by atoms with van der Waals surface area (Å²) in [6, 6.07) is 0. The number of carbonyl (C=O) groups excluding carboxylic acids is 1. The monoisotopic (exact) mass is 311 g/mol. The molecule has 126 valence electrons. The number of carboxylic acids is 1. The first-order valence-electron chi connectivity index (χ1n) is 8.49. The van der Waals surface area contributed by atoms with Crippen LogP contribution in [0.3, 0.4) is 0 Å². The third kappa shape index (κ3) is 3.45. The molecule has 3 unspecified atom stereocenters. The number of hydrogen-bond donors (Lipinski definition) is 1. The summed E-state index contributed by atoms with van der Waals surface area (Å²) in [4.78, 5) is 25.6. The molecule has 3 atom stereocenters. The van der Waals surface area contributed by atoms with Crippen molar-refractivity contribution >= 4 is 11.9 Å². The number of likely N-dealkylation sites (tertiary alicyclic amines) is 1. The summed E-state index contributed by atoms with van der Waals surface area (Å²) in [5.41, 5.74) is -0.798. The standard InChI is InChI=1S/C17H29NO4/c1-12(2)17(16(20)21)8-9-18(11-17)15(19)10-22-14-7-5-4-6-13(14)3/h12-14H,4-11H2,1-3H3,(H,20,21). The molecule has 0 bridgehead atoms. The molecule has 0 aromatic heterocycles. The van der Waals surface area contributed by atoms with E-state index in [9.17, 15) is 14.7 Å². The van der Waals surface area contributed by atoms with Gasteiger partial charge in [-0.1, -0.05) is 33.6 Å². The van der Waals surface area contributed by atoms with E-state index in [1.54, 1.807) is 4.90 Å². The first kappa shape index (κ1) is 17.3. The van der Waals surface area contributed by atoms with Crippen LogP contribution in [0.4, 0.5) is 0 Å². The molecule has 22 heavy (non-hydrogen) atoms. The van der Waals surface area contributed by atoms with Crippen LogP contribution in [0.2, 0.25) is 0 Å². The molecule has 0 aromatic rings. The first-order valence-corrected chi connectivity index (χ1v) is 8.49. The van der Waals surface area contributed by atoms with Gasteiger partial charge in [-0.05, 0) is 31.1 Å².